The summed E-state index contributed by atoms with van der Waals surface area (Å²) in [5.41, 5.74) is 6.75. The van der Waals surface area contributed by atoms with Crippen molar-refractivity contribution in [3.05, 3.63) is 51.9 Å². The second kappa shape index (κ2) is 13.6. The topological polar surface area (TPSA) is 154 Å². The maximum atomic E-state index is 12.6. The average Bonchev–Trinajstić information content (AvgIpc) is 3.73. The highest BCUT2D eigenvalue weighted by Crippen LogP contribution is 2.33. The first-order valence-corrected chi connectivity index (χ1v) is 14.8. The molecule has 1 aromatic carbocycles. The molecule has 4 N–H and O–H groups in total. The van der Waals surface area contributed by atoms with E-state index >= 15 is 0 Å². The van der Waals surface area contributed by atoms with Crippen LogP contribution in [0.15, 0.2) is 35.3 Å². The minimum atomic E-state index is -3.23. The Balaban J connectivity index is 0.000000306. The van der Waals surface area contributed by atoms with Crippen molar-refractivity contribution in [3.8, 4) is 5.75 Å². The number of methoxy groups -OCH3 is 1. The van der Waals surface area contributed by atoms with Crippen LogP contribution >= 0.6 is 0 Å². The third kappa shape index (κ3) is 8.70. The molecule has 10 nitrogen and oxygen atoms in total. The smallest absolute Gasteiger partial charge is 0.274 e. The number of nitrogens with two attached hydrogens (primary N) is 1. The number of benzene rings is 1. The third-order valence-electron chi connectivity index (χ3n) is 6.75. The summed E-state index contributed by atoms with van der Waals surface area (Å²) < 4.78 is 32.8. The molecule has 1 heterocycles. The van der Waals surface area contributed by atoms with Gasteiger partial charge >= 0.3 is 0 Å². The summed E-state index contributed by atoms with van der Waals surface area (Å²) in [4.78, 5) is 25.0. The normalized spacial score (nSPS) is 15.7. The van der Waals surface area contributed by atoms with Crippen molar-refractivity contribution in [1.82, 2.24) is 4.57 Å². The SMILES string of the molecule is COc1cc(N)c(C=N)cc1C(=O)Nc1cccn(C2CC2)c1=O.CS(=O)(=O)OCCCC1CCCCC1.[HH]. The molecular weight excluding hydrogens is 508 g/mol. The molecule has 2 aliphatic rings. The Hall–Kier alpha value is -3.18. The molecule has 4 rings (SSSR count). The number of nitrogen functional groups attached to an aromatic ring is 1. The molecule has 1 amide bonds. The Morgan fingerprint density at radius 3 is 2.55 bits per heavy atom. The zero-order valence-electron chi connectivity index (χ0n) is 22.1. The van der Waals surface area contributed by atoms with Gasteiger partial charge < -0.3 is 25.8 Å². The van der Waals surface area contributed by atoms with Crippen LogP contribution in [0.3, 0.4) is 0 Å². The number of nitrogens with zero attached hydrogens (tertiary/aromatic N) is 1. The number of rotatable bonds is 10. The number of nitrogens with one attached hydrogen (secondary N) is 2. The second-order valence-corrected chi connectivity index (χ2v) is 11.5. The lowest BCUT2D eigenvalue weighted by atomic mass is 9.86. The Kier molecular flexibility index (Phi) is 10.5. The Labute approximate surface area is 225 Å². The third-order valence-corrected chi connectivity index (χ3v) is 7.34. The monoisotopic (exact) mass is 548 g/mol. The number of hydrogen-bond acceptors (Lipinski definition) is 8. The van der Waals surface area contributed by atoms with Gasteiger partial charge in [0.15, 0.2) is 0 Å². The van der Waals surface area contributed by atoms with Crippen molar-refractivity contribution in [2.45, 2.75) is 63.8 Å². The number of anilines is 2. The average molecular weight is 549 g/mol. The number of carbonyl (C=O) groups is 1. The summed E-state index contributed by atoms with van der Waals surface area (Å²) in [6.45, 7) is 0.356. The summed E-state index contributed by atoms with van der Waals surface area (Å²) in [6.07, 6.45) is 14.5. The molecule has 0 saturated heterocycles. The molecule has 0 aliphatic heterocycles. The van der Waals surface area contributed by atoms with Crippen LogP contribution < -0.4 is 21.3 Å². The number of amides is 1. The van der Waals surface area contributed by atoms with Gasteiger partial charge in [0.1, 0.15) is 11.4 Å². The van der Waals surface area contributed by atoms with Crippen LogP contribution in [0.2, 0.25) is 0 Å². The highest BCUT2D eigenvalue weighted by Gasteiger charge is 2.25. The van der Waals surface area contributed by atoms with Gasteiger partial charge in [-0.15, -0.1) is 0 Å². The predicted octanol–water partition coefficient (Wildman–Crippen LogP) is 4.59. The maximum Gasteiger partial charge on any atom is 0.274 e. The largest absolute Gasteiger partial charge is 0.496 e. The van der Waals surface area contributed by atoms with Gasteiger partial charge in [-0.1, -0.05) is 32.1 Å². The second-order valence-electron chi connectivity index (χ2n) is 9.82. The van der Waals surface area contributed by atoms with Gasteiger partial charge in [0.2, 0.25) is 0 Å². The molecule has 2 saturated carbocycles. The molecule has 2 aromatic rings. The van der Waals surface area contributed by atoms with Crippen molar-refractivity contribution < 1.29 is 23.6 Å². The minimum absolute atomic E-state index is 0. The van der Waals surface area contributed by atoms with Gasteiger partial charge in [-0.05, 0) is 49.8 Å². The van der Waals surface area contributed by atoms with Gasteiger partial charge in [0, 0.05) is 37.2 Å². The Bertz CT molecular complexity index is 1290. The number of hydrogen-bond donors (Lipinski definition) is 3. The summed E-state index contributed by atoms with van der Waals surface area (Å²) in [5.74, 6) is 0.613. The van der Waals surface area contributed by atoms with Crippen LogP contribution in [0.5, 0.6) is 5.75 Å². The van der Waals surface area contributed by atoms with Gasteiger partial charge in [-0.2, -0.15) is 8.42 Å². The van der Waals surface area contributed by atoms with E-state index in [0.29, 0.717) is 17.9 Å². The molecule has 0 spiro atoms. The summed E-state index contributed by atoms with van der Waals surface area (Å²) >= 11 is 0. The lowest BCUT2D eigenvalue weighted by Crippen LogP contribution is -2.25. The van der Waals surface area contributed by atoms with Crippen LogP contribution in [-0.4, -0.2) is 45.1 Å². The standard InChI is InChI=1S/C17H18N4O3.C10H20O3S.H2/c1-24-15-8-13(19)10(9-18)7-12(15)16(22)20-14-3-2-6-21(17(14)23)11-4-5-11;1-14(11,12)13-9-5-8-10-6-3-2-4-7-10;/h2-3,6-9,11,18H,4-5,19H2,1H3,(H,20,22);10H,2-9H2,1H3;1H. The van der Waals surface area contributed by atoms with E-state index in [1.807, 2.05) is 0 Å². The van der Waals surface area contributed by atoms with Gasteiger partial charge in [0.25, 0.3) is 21.6 Å². The quantitative estimate of drug-likeness (QED) is 0.170. The zero-order chi connectivity index (χ0) is 27.7. The summed E-state index contributed by atoms with van der Waals surface area (Å²) in [5, 5.41) is 9.98. The van der Waals surface area contributed by atoms with Crippen molar-refractivity contribution in [2.75, 3.05) is 31.0 Å². The Morgan fingerprint density at radius 2 is 1.95 bits per heavy atom. The number of pyridine rings is 1. The Morgan fingerprint density at radius 1 is 1.24 bits per heavy atom. The van der Waals surface area contributed by atoms with E-state index in [0.717, 1.165) is 44.1 Å². The van der Waals surface area contributed by atoms with Gasteiger partial charge in [-0.25, -0.2) is 0 Å². The fourth-order valence-electron chi connectivity index (χ4n) is 4.58. The summed E-state index contributed by atoms with van der Waals surface area (Å²) in [6, 6.07) is 6.49. The molecule has 11 heteroatoms. The molecule has 210 valence electrons. The van der Waals surface area contributed by atoms with Crippen LogP contribution in [0.4, 0.5) is 11.4 Å². The van der Waals surface area contributed by atoms with Crippen LogP contribution in [0.1, 0.15) is 81.2 Å². The molecule has 0 unspecified atom stereocenters. The molecule has 0 radical (unpaired) electrons. The zero-order valence-corrected chi connectivity index (χ0v) is 22.9. The molecule has 2 fully saturated rings. The van der Waals surface area contributed by atoms with E-state index in [1.165, 1.54) is 51.3 Å². The highest BCUT2D eigenvalue weighted by atomic mass is 32.2. The predicted molar refractivity (Wildman–Crippen MR) is 151 cm³/mol. The van der Waals surface area contributed by atoms with Crippen molar-refractivity contribution in [3.63, 3.8) is 0 Å². The summed E-state index contributed by atoms with van der Waals surface area (Å²) in [7, 11) is -1.80. The number of carbonyl (C=O) groups excluding carboxylic acids is 1. The lowest BCUT2D eigenvalue weighted by molar-refractivity contribution is 0.102. The number of aromatic nitrogens is 1. The van der Waals surface area contributed by atoms with Crippen molar-refractivity contribution >= 4 is 33.6 Å². The molecule has 2 aliphatic carbocycles. The van der Waals surface area contributed by atoms with E-state index < -0.39 is 16.0 Å². The molecule has 1 aromatic heterocycles. The first kappa shape index (κ1) is 29.4. The van der Waals surface area contributed by atoms with E-state index in [-0.39, 0.29) is 30.0 Å². The molecular formula is C27H40N4O6S. The maximum absolute atomic E-state index is 12.6. The minimum Gasteiger partial charge on any atom is -0.496 e. The molecule has 0 atom stereocenters. The fourth-order valence-corrected chi connectivity index (χ4v) is 5.00. The van der Waals surface area contributed by atoms with E-state index in [2.05, 4.69) is 5.32 Å². The number of ether oxygens (including phenoxy) is 1. The lowest BCUT2D eigenvalue weighted by Gasteiger charge is -2.20. The van der Waals surface area contributed by atoms with Gasteiger partial charge in [0.05, 0.1) is 25.5 Å². The fraction of sp³-hybridized carbons (Fsp3) is 0.519. The first-order chi connectivity index (χ1) is 18.1. The molecule has 38 heavy (non-hydrogen) atoms. The highest BCUT2D eigenvalue weighted by molar-refractivity contribution is 7.85. The molecule has 0 bridgehead atoms. The van der Waals surface area contributed by atoms with Crippen LogP contribution in [-0.2, 0) is 14.3 Å². The van der Waals surface area contributed by atoms with Crippen LogP contribution in [0.25, 0.3) is 0 Å². The van der Waals surface area contributed by atoms with E-state index in [1.54, 1.807) is 22.9 Å². The van der Waals surface area contributed by atoms with Crippen molar-refractivity contribution in [1.29, 1.82) is 5.41 Å². The van der Waals surface area contributed by atoms with E-state index in [9.17, 15) is 18.0 Å². The van der Waals surface area contributed by atoms with E-state index in [4.69, 9.17) is 20.1 Å². The first-order valence-electron chi connectivity index (χ1n) is 13.0. The van der Waals surface area contributed by atoms with Gasteiger partial charge in [-0.3, -0.25) is 13.8 Å². The van der Waals surface area contributed by atoms with Crippen LogP contribution in [0, 0.1) is 11.3 Å². The van der Waals surface area contributed by atoms with Crippen molar-refractivity contribution in [2.24, 2.45) is 5.92 Å².